The van der Waals surface area contributed by atoms with Gasteiger partial charge in [-0.1, -0.05) is 44.2 Å². The van der Waals surface area contributed by atoms with E-state index in [4.69, 9.17) is 9.47 Å². The van der Waals surface area contributed by atoms with E-state index in [0.29, 0.717) is 12.8 Å². The van der Waals surface area contributed by atoms with Gasteiger partial charge in [-0.05, 0) is 20.3 Å². The molecule has 0 spiro atoms. The van der Waals surface area contributed by atoms with Gasteiger partial charge >= 0.3 is 0 Å². The largest absolute Gasteiger partial charge is 0.342 e. The summed E-state index contributed by atoms with van der Waals surface area (Å²) >= 11 is 0. The topological polar surface area (TPSA) is 35.5 Å². The summed E-state index contributed by atoms with van der Waals surface area (Å²) in [7, 11) is 0. The van der Waals surface area contributed by atoms with Gasteiger partial charge < -0.3 is 9.47 Å². The van der Waals surface area contributed by atoms with Crippen molar-refractivity contribution < 1.29 is 14.3 Å². The predicted octanol–water partition coefficient (Wildman–Crippen LogP) is 4.06. The summed E-state index contributed by atoms with van der Waals surface area (Å²) < 4.78 is 12.5. The van der Waals surface area contributed by atoms with E-state index < -0.39 is 5.79 Å². The Bertz CT molecular complexity index is 459. The molecule has 0 amide bonds. The first-order valence-corrected chi connectivity index (χ1v) is 7.90. The fourth-order valence-corrected chi connectivity index (χ4v) is 3.13. The average Bonchev–Trinajstić information content (AvgIpc) is 2.46. The van der Waals surface area contributed by atoms with E-state index in [9.17, 15) is 4.79 Å². The smallest absolute Gasteiger partial charge is 0.198 e. The first-order chi connectivity index (χ1) is 9.98. The molecule has 0 aromatic heterocycles. The second-order valence-electron chi connectivity index (χ2n) is 6.12. The van der Waals surface area contributed by atoms with Crippen LogP contribution in [0.5, 0.6) is 0 Å². The Kier molecular flexibility index (Phi) is 5.17. The van der Waals surface area contributed by atoms with E-state index in [2.05, 4.69) is 13.8 Å². The lowest BCUT2D eigenvalue weighted by atomic mass is 9.86. The molecular formula is C18H26O3. The fourth-order valence-electron chi connectivity index (χ4n) is 3.13. The van der Waals surface area contributed by atoms with E-state index >= 15 is 0 Å². The Morgan fingerprint density at radius 3 is 2.33 bits per heavy atom. The molecule has 3 atom stereocenters. The summed E-state index contributed by atoms with van der Waals surface area (Å²) in [6.45, 7) is 8.10. The molecule has 1 aliphatic rings. The van der Waals surface area contributed by atoms with Crippen LogP contribution in [0.2, 0.25) is 0 Å². The van der Waals surface area contributed by atoms with Crippen molar-refractivity contribution in [3.05, 3.63) is 35.9 Å². The van der Waals surface area contributed by atoms with Gasteiger partial charge in [0.1, 0.15) is 5.78 Å². The number of Topliss-reactive ketones (excluding diaryl/α,β-unsaturated/α-hetero) is 1. The van der Waals surface area contributed by atoms with Crippen LogP contribution in [0.25, 0.3) is 0 Å². The van der Waals surface area contributed by atoms with Crippen LogP contribution >= 0.6 is 0 Å². The molecule has 3 nitrogen and oxygen atoms in total. The van der Waals surface area contributed by atoms with E-state index in [0.717, 1.165) is 12.0 Å². The Balaban J connectivity index is 2.36. The first-order valence-electron chi connectivity index (χ1n) is 7.90. The maximum absolute atomic E-state index is 11.9. The highest BCUT2D eigenvalue weighted by Crippen LogP contribution is 2.43. The van der Waals surface area contributed by atoms with Gasteiger partial charge in [-0.2, -0.15) is 0 Å². The van der Waals surface area contributed by atoms with Crippen LogP contribution in [0.4, 0.5) is 0 Å². The van der Waals surface area contributed by atoms with E-state index in [1.807, 2.05) is 44.2 Å². The maximum atomic E-state index is 11.9. The molecule has 0 aliphatic carbocycles. The number of carbonyl (C=O) groups is 1. The summed E-state index contributed by atoms with van der Waals surface area (Å²) in [5.74, 6) is -0.586. The predicted molar refractivity (Wildman–Crippen MR) is 82.9 cm³/mol. The zero-order chi connectivity index (χ0) is 15.5. The van der Waals surface area contributed by atoms with Crippen molar-refractivity contribution in [3.63, 3.8) is 0 Å². The van der Waals surface area contributed by atoms with Crippen molar-refractivity contribution in [2.45, 2.75) is 65.0 Å². The Hall–Kier alpha value is -1.19. The van der Waals surface area contributed by atoms with Gasteiger partial charge in [0.05, 0.1) is 12.2 Å². The number of carbonyl (C=O) groups excluding carboxylic acids is 1. The molecule has 21 heavy (non-hydrogen) atoms. The third kappa shape index (κ3) is 3.53. The molecule has 0 bridgehead atoms. The normalized spacial score (nSPS) is 30.9. The molecule has 0 unspecified atom stereocenters. The molecule has 3 heteroatoms. The van der Waals surface area contributed by atoms with Gasteiger partial charge in [-0.3, -0.25) is 4.79 Å². The highest BCUT2D eigenvalue weighted by molar-refractivity contribution is 5.78. The minimum atomic E-state index is -0.816. The number of ether oxygens (including phenoxy) is 2. The molecule has 1 aromatic rings. The van der Waals surface area contributed by atoms with E-state index in [1.54, 1.807) is 0 Å². The minimum Gasteiger partial charge on any atom is -0.342 e. The molecule has 1 aliphatic heterocycles. The number of rotatable bonds is 5. The Morgan fingerprint density at radius 2 is 1.81 bits per heavy atom. The monoisotopic (exact) mass is 290 g/mol. The van der Waals surface area contributed by atoms with Crippen molar-refractivity contribution in [2.75, 3.05) is 0 Å². The van der Waals surface area contributed by atoms with Crippen LogP contribution in [-0.2, 0) is 20.1 Å². The fraction of sp³-hybridized carbons (Fsp3) is 0.611. The van der Waals surface area contributed by atoms with Crippen LogP contribution in [0.3, 0.4) is 0 Å². The van der Waals surface area contributed by atoms with Crippen molar-refractivity contribution >= 4 is 5.78 Å². The van der Waals surface area contributed by atoms with Crippen LogP contribution < -0.4 is 0 Å². The van der Waals surface area contributed by atoms with Crippen LogP contribution in [0, 0.1) is 5.92 Å². The molecule has 1 heterocycles. The van der Waals surface area contributed by atoms with E-state index in [1.165, 1.54) is 0 Å². The van der Waals surface area contributed by atoms with E-state index in [-0.39, 0.29) is 23.9 Å². The van der Waals surface area contributed by atoms with Gasteiger partial charge in [-0.25, -0.2) is 0 Å². The molecule has 0 radical (unpaired) electrons. The van der Waals surface area contributed by atoms with Crippen molar-refractivity contribution in [1.29, 1.82) is 0 Å². The van der Waals surface area contributed by atoms with Gasteiger partial charge in [0.15, 0.2) is 5.79 Å². The van der Waals surface area contributed by atoms with Gasteiger partial charge in [-0.15, -0.1) is 0 Å². The maximum Gasteiger partial charge on any atom is 0.198 e. The third-order valence-corrected chi connectivity index (χ3v) is 4.17. The summed E-state index contributed by atoms with van der Waals surface area (Å²) in [4.78, 5) is 11.9. The van der Waals surface area contributed by atoms with Crippen LogP contribution in [0.1, 0.15) is 52.5 Å². The lowest BCUT2D eigenvalue weighted by Crippen LogP contribution is -2.49. The Labute approximate surface area is 127 Å². The molecule has 1 fully saturated rings. The molecular weight excluding hydrogens is 264 g/mol. The molecule has 1 aromatic carbocycles. The first kappa shape index (κ1) is 16.2. The minimum absolute atomic E-state index is 0.0162. The van der Waals surface area contributed by atoms with Gasteiger partial charge in [0, 0.05) is 24.3 Å². The average molecular weight is 290 g/mol. The van der Waals surface area contributed by atoms with Gasteiger partial charge in [0.2, 0.25) is 0 Å². The lowest BCUT2D eigenvalue weighted by Gasteiger charge is -2.46. The number of benzene rings is 1. The van der Waals surface area contributed by atoms with Crippen molar-refractivity contribution in [3.8, 4) is 0 Å². The highest BCUT2D eigenvalue weighted by atomic mass is 16.7. The Morgan fingerprint density at radius 1 is 1.24 bits per heavy atom. The zero-order valence-corrected chi connectivity index (χ0v) is 13.5. The molecule has 0 saturated carbocycles. The summed E-state index contributed by atoms with van der Waals surface area (Å²) in [5, 5.41) is 0. The standard InChI is InChI=1S/C18H26O3/c1-5-17(19)11-13(2)18(16-9-7-6-8-10-16)20-14(3)12-15(4)21-18/h6-10,13-15H,5,11-12H2,1-4H3/t13-,14-,15-/m1/s1. The SMILES string of the molecule is CCC(=O)C[C@@H](C)C1(c2ccccc2)O[C@H](C)C[C@@H](C)O1. The van der Waals surface area contributed by atoms with Crippen molar-refractivity contribution in [2.24, 2.45) is 5.92 Å². The molecule has 0 N–H and O–H groups in total. The zero-order valence-electron chi connectivity index (χ0n) is 13.5. The summed E-state index contributed by atoms with van der Waals surface area (Å²) in [5.41, 5.74) is 1.000. The highest BCUT2D eigenvalue weighted by Gasteiger charge is 2.46. The molecule has 2 rings (SSSR count). The second-order valence-corrected chi connectivity index (χ2v) is 6.12. The summed E-state index contributed by atoms with van der Waals surface area (Å²) in [6, 6.07) is 10.0. The van der Waals surface area contributed by atoms with Gasteiger partial charge in [0.25, 0.3) is 0 Å². The molecule has 116 valence electrons. The number of hydrogen-bond acceptors (Lipinski definition) is 3. The quantitative estimate of drug-likeness (QED) is 0.820. The number of ketones is 1. The summed E-state index contributed by atoms with van der Waals surface area (Å²) in [6.07, 6.45) is 2.15. The van der Waals surface area contributed by atoms with Crippen LogP contribution in [-0.4, -0.2) is 18.0 Å². The lowest BCUT2D eigenvalue weighted by molar-refractivity contribution is -0.343. The molecule has 1 saturated heterocycles. The van der Waals surface area contributed by atoms with Crippen molar-refractivity contribution in [1.82, 2.24) is 0 Å². The second kappa shape index (κ2) is 6.71. The van der Waals surface area contributed by atoms with Crippen LogP contribution in [0.15, 0.2) is 30.3 Å². The third-order valence-electron chi connectivity index (χ3n) is 4.17. The number of hydrogen-bond donors (Lipinski definition) is 0.